The summed E-state index contributed by atoms with van der Waals surface area (Å²) < 4.78 is 1.26. The van der Waals surface area contributed by atoms with Crippen molar-refractivity contribution >= 4 is 29.2 Å². The molecule has 5 rings (SSSR count). The van der Waals surface area contributed by atoms with E-state index < -0.39 is 17.8 Å². The Labute approximate surface area is 211 Å². The quantitative estimate of drug-likeness (QED) is 0.349. The van der Waals surface area contributed by atoms with E-state index in [2.05, 4.69) is 30.5 Å². The first kappa shape index (κ1) is 23.6. The number of amides is 2. The number of hydrogen-bond acceptors (Lipinski definition) is 6. The zero-order chi connectivity index (χ0) is 26.1. The Morgan fingerprint density at radius 2 is 2.03 bits per heavy atom. The fraction of sp³-hybridized carbons (Fsp3) is 0.192. The maximum Gasteiger partial charge on any atom is 0.335 e. The molecule has 0 saturated carbocycles. The summed E-state index contributed by atoms with van der Waals surface area (Å²) in [7, 11) is 0. The normalized spacial score (nSPS) is 14.1. The molecule has 2 aromatic carbocycles. The van der Waals surface area contributed by atoms with Crippen molar-refractivity contribution in [3.05, 3.63) is 99.4 Å². The summed E-state index contributed by atoms with van der Waals surface area (Å²) in [4.78, 5) is 49.3. The van der Waals surface area contributed by atoms with Gasteiger partial charge in [0.2, 0.25) is 0 Å². The number of carboxylic acids is 1. The molecule has 1 aliphatic rings. The van der Waals surface area contributed by atoms with E-state index in [0.29, 0.717) is 24.1 Å². The molecule has 0 fully saturated rings. The molecule has 3 N–H and O–H groups in total. The van der Waals surface area contributed by atoms with Gasteiger partial charge in [-0.05, 0) is 48.1 Å². The summed E-state index contributed by atoms with van der Waals surface area (Å²) in [5, 5.41) is 19.2. The summed E-state index contributed by atoms with van der Waals surface area (Å²) in [5.74, 6) is -1.85. The minimum Gasteiger partial charge on any atom is -0.478 e. The number of fused-ring (bicyclic) bond motifs is 2. The fourth-order valence-electron chi connectivity index (χ4n) is 4.59. The maximum atomic E-state index is 13.3. The molecule has 1 aliphatic carbocycles. The van der Waals surface area contributed by atoms with Crippen LogP contribution < -0.4 is 10.6 Å². The molecule has 0 aliphatic heterocycles. The van der Waals surface area contributed by atoms with Gasteiger partial charge in [0.1, 0.15) is 17.7 Å². The molecule has 0 bridgehead atoms. The lowest BCUT2D eigenvalue weighted by Crippen LogP contribution is -2.30. The van der Waals surface area contributed by atoms with Crippen LogP contribution in [0.4, 0.5) is 5.69 Å². The minimum absolute atomic E-state index is 0.000695. The summed E-state index contributed by atoms with van der Waals surface area (Å²) in [5.41, 5.74) is 4.07. The lowest BCUT2D eigenvalue weighted by Gasteiger charge is -2.16. The number of carbonyl (C=O) groups is 3. The highest BCUT2D eigenvalue weighted by molar-refractivity contribution is 5.98. The van der Waals surface area contributed by atoms with Gasteiger partial charge >= 0.3 is 5.97 Å². The summed E-state index contributed by atoms with van der Waals surface area (Å²) in [6, 6.07) is 11.2. The third-order valence-electron chi connectivity index (χ3n) is 6.44. The monoisotopic (exact) mass is 495 g/mol. The van der Waals surface area contributed by atoms with Gasteiger partial charge in [-0.15, -0.1) is 0 Å². The third kappa shape index (κ3) is 4.48. The Kier molecular flexibility index (Phi) is 6.07. The highest BCUT2D eigenvalue weighted by atomic mass is 16.4. The molecule has 37 heavy (non-hydrogen) atoms. The van der Waals surface area contributed by atoms with Crippen LogP contribution in [-0.2, 0) is 13.0 Å². The van der Waals surface area contributed by atoms with E-state index in [9.17, 15) is 19.5 Å². The predicted octanol–water partition coefficient (Wildman–Crippen LogP) is 3.03. The van der Waals surface area contributed by atoms with E-state index in [1.54, 1.807) is 43.3 Å². The number of benzene rings is 2. The van der Waals surface area contributed by atoms with E-state index in [1.807, 2.05) is 0 Å². The summed E-state index contributed by atoms with van der Waals surface area (Å²) in [6.45, 7) is 9.08. The third-order valence-corrected chi connectivity index (χ3v) is 6.44. The molecular formula is C26H21N7O4. The standard InChI is InChI=1S/C26H21N7O4/c1-14-17-8-9-20(19(17)7-6-18(14)25(36)37)31-24(35)22-11-21(32-26-29-13-30-33(22)26)23(34)28-12-15-4-3-5-16(10-15)27-2/h3-7,10-11,13,20H,8-9,12H2,1H3,(H,28,34)(H,31,35)(H,36,37)/t20-/m0/s1. The van der Waals surface area contributed by atoms with E-state index in [4.69, 9.17) is 6.57 Å². The fourth-order valence-corrected chi connectivity index (χ4v) is 4.59. The van der Waals surface area contributed by atoms with Crippen LogP contribution in [-0.4, -0.2) is 42.5 Å². The number of aromatic carboxylic acids is 1. The number of carboxylic acid groups (broad SMARTS) is 1. The molecule has 184 valence electrons. The molecule has 1 atom stereocenters. The van der Waals surface area contributed by atoms with Crippen molar-refractivity contribution in [2.45, 2.75) is 32.4 Å². The second kappa shape index (κ2) is 9.50. The first-order valence-electron chi connectivity index (χ1n) is 11.5. The molecule has 11 nitrogen and oxygen atoms in total. The van der Waals surface area contributed by atoms with Crippen LogP contribution in [0.3, 0.4) is 0 Å². The van der Waals surface area contributed by atoms with Crippen molar-refractivity contribution in [2.75, 3.05) is 0 Å². The molecule has 0 radical (unpaired) electrons. The van der Waals surface area contributed by atoms with Crippen LogP contribution in [0.2, 0.25) is 0 Å². The van der Waals surface area contributed by atoms with E-state index in [0.717, 1.165) is 16.7 Å². The Morgan fingerprint density at radius 3 is 2.81 bits per heavy atom. The molecule has 2 heterocycles. The second-order valence-electron chi connectivity index (χ2n) is 8.64. The summed E-state index contributed by atoms with van der Waals surface area (Å²) in [6.07, 6.45) is 2.51. The van der Waals surface area contributed by atoms with Crippen LogP contribution in [0.25, 0.3) is 10.6 Å². The van der Waals surface area contributed by atoms with Crippen LogP contribution in [0.1, 0.15) is 66.1 Å². The van der Waals surface area contributed by atoms with Gasteiger partial charge in [-0.1, -0.05) is 30.3 Å². The van der Waals surface area contributed by atoms with Crippen molar-refractivity contribution < 1.29 is 19.5 Å². The average Bonchev–Trinajstić information content (AvgIpc) is 3.54. The van der Waals surface area contributed by atoms with Crippen LogP contribution >= 0.6 is 0 Å². The molecule has 4 aromatic rings. The molecule has 0 saturated heterocycles. The van der Waals surface area contributed by atoms with Crippen molar-refractivity contribution in [3.8, 4) is 0 Å². The number of nitrogens with one attached hydrogen (secondary N) is 2. The number of aromatic nitrogens is 4. The van der Waals surface area contributed by atoms with Crippen LogP contribution in [0, 0.1) is 13.5 Å². The Bertz CT molecular complexity index is 1620. The zero-order valence-corrected chi connectivity index (χ0v) is 19.7. The van der Waals surface area contributed by atoms with Gasteiger partial charge in [0.05, 0.1) is 18.2 Å². The molecule has 2 amide bonds. The smallest absolute Gasteiger partial charge is 0.335 e. The lowest BCUT2D eigenvalue weighted by molar-refractivity contribution is 0.0695. The lowest BCUT2D eigenvalue weighted by atomic mass is 9.98. The first-order valence-corrected chi connectivity index (χ1v) is 11.5. The highest BCUT2D eigenvalue weighted by Gasteiger charge is 2.29. The molecular weight excluding hydrogens is 474 g/mol. The number of carbonyl (C=O) groups excluding carboxylic acids is 2. The molecule has 0 unspecified atom stereocenters. The van der Waals surface area contributed by atoms with Gasteiger partial charge < -0.3 is 15.7 Å². The topological polar surface area (TPSA) is 143 Å². The number of rotatable bonds is 6. The second-order valence-corrected chi connectivity index (χ2v) is 8.64. The average molecular weight is 495 g/mol. The van der Waals surface area contributed by atoms with E-state index in [1.165, 1.54) is 16.9 Å². The van der Waals surface area contributed by atoms with Gasteiger partial charge in [-0.2, -0.15) is 14.6 Å². The highest BCUT2D eigenvalue weighted by Crippen LogP contribution is 2.34. The predicted molar refractivity (Wildman–Crippen MR) is 131 cm³/mol. The van der Waals surface area contributed by atoms with Gasteiger partial charge in [-0.3, -0.25) is 9.59 Å². The van der Waals surface area contributed by atoms with E-state index in [-0.39, 0.29) is 35.3 Å². The van der Waals surface area contributed by atoms with Crippen molar-refractivity contribution in [1.29, 1.82) is 0 Å². The Hall–Kier alpha value is -5.11. The molecule has 11 heteroatoms. The Balaban J connectivity index is 1.38. The van der Waals surface area contributed by atoms with Crippen molar-refractivity contribution in [2.24, 2.45) is 0 Å². The van der Waals surface area contributed by atoms with Crippen LogP contribution in [0.5, 0.6) is 0 Å². The number of hydrogen-bond donors (Lipinski definition) is 3. The minimum atomic E-state index is -0.983. The zero-order valence-electron chi connectivity index (χ0n) is 19.7. The van der Waals surface area contributed by atoms with Gasteiger partial charge in [-0.25, -0.2) is 14.6 Å². The van der Waals surface area contributed by atoms with Crippen LogP contribution in [0.15, 0.2) is 48.8 Å². The van der Waals surface area contributed by atoms with Gasteiger partial charge in [0.15, 0.2) is 5.69 Å². The van der Waals surface area contributed by atoms with Crippen molar-refractivity contribution in [3.63, 3.8) is 0 Å². The van der Waals surface area contributed by atoms with Gasteiger partial charge in [0, 0.05) is 12.6 Å². The maximum absolute atomic E-state index is 13.3. The summed E-state index contributed by atoms with van der Waals surface area (Å²) >= 11 is 0. The SMILES string of the molecule is [C-]#[N+]c1cccc(CNC(=O)c2cc(C(=O)N[C@H]3CCc4c3ccc(C(=O)O)c4C)n3ncnc3n2)c1. The Morgan fingerprint density at radius 1 is 1.19 bits per heavy atom. The number of nitrogens with zero attached hydrogens (tertiary/aromatic N) is 5. The molecule has 0 spiro atoms. The van der Waals surface area contributed by atoms with E-state index >= 15 is 0 Å². The first-order chi connectivity index (χ1) is 17.9. The van der Waals surface area contributed by atoms with Crippen molar-refractivity contribution in [1.82, 2.24) is 30.2 Å². The molecule has 2 aromatic heterocycles. The van der Waals surface area contributed by atoms with Gasteiger partial charge in [0.25, 0.3) is 17.6 Å². The largest absolute Gasteiger partial charge is 0.478 e.